The Labute approximate surface area is 235 Å². The molecular weight excluding hydrogens is 486 g/mol. The van der Waals surface area contributed by atoms with Crippen molar-refractivity contribution in [2.75, 3.05) is 32.7 Å². The molecule has 6 rings (SSSR count). The smallest absolute Gasteiger partial charge is 0.408 e. The fraction of sp³-hybridized carbons (Fsp3) is 0.697. The van der Waals surface area contributed by atoms with E-state index >= 15 is 0 Å². The zero-order valence-electron chi connectivity index (χ0n) is 25.2. The van der Waals surface area contributed by atoms with Gasteiger partial charge in [-0.2, -0.15) is 0 Å². The maximum Gasteiger partial charge on any atom is 0.408 e. The molecule has 0 radical (unpaired) electrons. The number of rotatable bonds is 6. The summed E-state index contributed by atoms with van der Waals surface area (Å²) in [6.45, 7) is 19.6. The van der Waals surface area contributed by atoms with Crippen molar-refractivity contribution in [3.8, 4) is 0 Å². The number of nitrogens with zero attached hydrogens (tertiary/aromatic N) is 2. The number of piperidine rings is 2. The molecule has 5 atom stereocenters. The van der Waals surface area contributed by atoms with Crippen molar-refractivity contribution >= 4 is 12.0 Å². The number of benzene rings is 1. The molecular formula is C33H49N3O3. The van der Waals surface area contributed by atoms with Crippen molar-refractivity contribution in [3.05, 3.63) is 47.5 Å². The minimum atomic E-state index is -0.662. The number of allylic oxidation sites excluding steroid dienone is 1. The summed E-state index contributed by atoms with van der Waals surface area (Å²) in [6.07, 6.45) is 6.15. The molecule has 6 nitrogen and oxygen atoms in total. The van der Waals surface area contributed by atoms with E-state index in [1.165, 1.54) is 12.8 Å². The van der Waals surface area contributed by atoms with Crippen LogP contribution in [-0.4, -0.2) is 66.2 Å². The first-order chi connectivity index (χ1) is 18.1. The Kier molecular flexibility index (Phi) is 7.18. The minimum Gasteiger partial charge on any atom is -0.444 e. The highest BCUT2D eigenvalue weighted by atomic mass is 16.6. The minimum absolute atomic E-state index is 0.00689. The number of hydrogen-bond donors (Lipinski definition) is 1. The zero-order valence-corrected chi connectivity index (χ0v) is 25.2. The number of hydrogen-bond acceptors (Lipinski definition) is 4. The second-order valence-electron chi connectivity index (χ2n) is 15.3. The molecule has 2 aliphatic heterocycles. The molecule has 2 amide bonds. The Bertz CT molecular complexity index is 1100. The van der Waals surface area contributed by atoms with Crippen molar-refractivity contribution in [2.24, 2.45) is 28.1 Å². The fourth-order valence-electron chi connectivity index (χ4n) is 8.37. The molecule has 0 spiro atoms. The predicted molar refractivity (Wildman–Crippen MR) is 155 cm³/mol. The normalized spacial score (nSPS) is 32.5. The third kappa shape index (κ3) is 6.06. The number of amides is 2. The summed E-state index contributed by atoms with van der Waals surface area (Å²) in [6, 6.07) is 9.26. The van der Waals surface area contributed by atoms with Crippen molar-refractivity contribution < 1.29 is 14.3 Å². The van der Waals surface area contributed by atoms with Gasteiger partial charge in [-0.3, -0.25) is 9.69 Å². The molecule has 214 valence electrons. The Balaban J connectivity index is 1.29. The lowest BCUT2D eigenvalue weighted by Crippen LogP contribution is -2.65. The lowest BCUT2D eigenvalue weighted by molar-refractivity contribution is -0.147. The average Bonchev–Trinajstić information content (AvgIpc) is 2.81. The van der Waals surface area contributed by atoms with Gasteiger partial charge < -0.3 is 15.0 Å². The number of carbonyl (C=O) groups is 2. The van der Waals surface area contributed by atoms with Gasteiger partial charge in [-0.25, -0.2) is 4.79 Å². The number of nitrogens with one attached hydrogen (secondary N) is 1. The molecule has 39 heavy (non-hydrogen) atoms. The van der Waals surface area contributed by atoms with Gasteiger partial charge in [-0.15, -0.1) is 0 Å². The van der Waals surface area contributed by atoms with Gasteiger partial charge in [0.1, 0.15) is 11.6 Å². The molecule has 2 heterocycles. The lowest BCUT2D eigenvalue weighted by Gasteiger charge is -2.59. The van der Waals surface area contributed by atoms with Crippen LogP contribution in [0.25, 0.3) is 0 Å². The zero-order chi connectivity index (χ0) is 28.2. The molecule has 1 aromatic rings. The summed E-state index contributed by atoms with van der Waals surface area (Å²) < 4.78 is 5.54. The van der Waals surface area contributed by atoms with Crippen LogP contribution in [0.2, 0.25) is 0 Å². The van der Waals surface area contributed by atoms with E-state index in [-0.39, 0.29) is 16.7 Å². The van der Waals surface area contributed by atoms with Crippen LogP contribution in [0.4, 0.5) is 4.79 Å². The van der Waals surface area contributed by atoms with Crippen molar-refractivity contribution in [2.45, 2.75) is 85.8 Å². The van der Waals surface area contributed by atoms with Crippen LogP contribution in [0.1, 0.15) is 73.3 Å². The first-order valence-electron chi connectivity index (χ1n) is 14.9. The summed E-state index contributed by atoms with van der Waals surface area (Å²) in [5.41, 5.74) is 2.54. The van der Waals surface area contributed by atoms with Gasteiger partial charge in [0, 0.05) is 39.1 Å². The molecule has 1 aromatic carbocycles. The number of alkyl carbamates (subject to hydrolysis) is 1. The molecule has 3 aliphatic carbocycles. The van der Waals surface area contributed by atoms with Gasteiger partial charge in [0.15, 0.2) is 0 Å². The summed E-state index contributed by atoms with van der Waals surface area (Å²) in [5.74, 6) is 1.58. The first kappa shape index (κ1) is 28.2. The molecule has 5 aliphatic rings. The van der Waals surface area contributed by atoms with Crippen LogP contribution in [0, 0.1) is 28.1 Å². The molecule has 3 fully saturated rings. The van der Waals surface area contributed by atoms with E-state index in [9.17, 15) is 9.59 Å². The monoisotopic (exact) mass is 535 g/mol. The van der Waals surface area contributed by atoms with Crippen LogP contribution >= 0.6 is 0 Å². The van der Waals surface area contributed by atoms with Gasteiger partial charge in [0.05, 0.1) is 0 Å². The van der Waals surface area contributed by atoms with E-state index in [1.54, 1.807) is 5.57 Å². The van der Waals surface area contributed by atoms with Gasteiger partial charge in [-0.05, 0) is 73.7 Å². The van der Waals surface area contributed by atoms with Gasteiger partial charge in [0.2, 0.25) is 5.91 Å². The van der Waals surface area contributed by atoms with Gasteiger partial charge in [0.25, 0.3) is 0 Å². The number of ether oxygens (including phenoxy) is 1. The Morgan fingerprint density at radius 1 is 1.03 bits per heavy atom. The summed E-state index contributed by atoms with van der Waals surface area (Å²) in [4.78, 5) is 31.5. The predicted octanol–water partition coefficient (Wildman–Crippen LogP) is 5.68. The summed E-state index contributed by atoms with van der Waals surface area (Å²) in [7, 11) is 0. The number of fused-ring (bicyclic) bond motifs is 3. The van der Waals surface area contributed by atoms with E-state index in [2.05, 4.69) is 44.0 Å². The molecule has 6 heteroatoms. The highest BCUT2D eigenvalue weighted by Gasteiger charge is 2.53. The highest BCUT2D eigenvalue weighted by Crippen LogP contribution is 2.59. The Hall–Kier alpha value is -2.34. The van der Waals surface area contributed by atoms with E-state index in [0.717, 1.165) is 56.5 Å². The number of carbonyl (C=O) groups excluding carboxylic acids is 2. The third-order valence-corrected chi connectivity index (χ3v) is 9.78. The van der Waals surface area contributed by atoms with Crippen molar-refractivity contribution in [1.29, 1.82) is 0 Å². The number of likely N-dealkylation sites (tertiary alicyclic amines) is 2. The van der Waals surface area contributed by atoms with Crippen molar-refractivity contribution in [3.63, 3.8) is 0 Å². The topological polar surface area (TPSA) is 61.9 Å². The Morgan fingerprint density at radius 2 is 1.67 bits per heavy atom. The molecule has 4 bridgehead atoms. The fourth-order valence-corrected chi connectivity index (χ4v) is 8.37. The molecule has 1 saturated carbocycles. The van der Waals surface area contributed by atoms with Crippen LogP contribution in [0.3, 0.4) is 0 Å². The lowest BCUT2D eigenvalue weighted by atomic mass is 9.49. The van der Waals surface area contributed by atoms with Crippen LogP contribution in [0.15, 0.2) is 42.0 Å². The molecule has 0 aromatic heterocycles. The van der Waals surface area contributed by atoms with E-state index in [4.69, 9.17) is 4.74 Å². The Morgan fingerprint density at radius 3 is 2.23 bits per heavy atom. The average molecular weight is 536 g/mol. The third-order valence-electron chi connectivity index (χ3n) is 9.78. The largest absolute Gasteiger partial charge is 0.444 e. The quantitative estimate of drug-likeness (QED) is 0.477. The van der Waals surface area contributed by atoms with E-state index in [0.29, 0.717) is 11.8 Å². The maximum absolute atomic E-state index is 14.1. The van der Waals surface area contributed by atoms with Crippen LogP contribution < -0.4 is 5.32 Å². The van der Waals surface area contributed by atoms with Gasteiger partial charge in [-0.1, -0.05) is 69.7 Å². The van der Waals surface area contributed by atoms with Crippen LogP contribution in [-0.2, 0) is 16.0 Å². The highest BCUT2D eigenvalue weighted by molar-refractivity contribution is 5.86. The SMILES string of the molecule is CC12CN(CC3=CC[C@H]4C[C@@H]3C4(C)C)CC(C)(CN(C(=O)[C@H](Cc3ccccc3)NC(=O)OC(C)(C)C)C1)C2. The second kappa shape index (κ2) is 9.94. The first-order valence-corrected chi connectivity index (χ1v) is 14.9. The molecule has 1 N–H and O–H groups in total. The molecule has 2 unspecified atom stereocenters. The van der Waals surface area contributed by atoms with E-state index in [1.807, 2.05) is 56.0 Å². The summed E-state index contributed by atoms with van der Waals surface area (Å²) >= 11 is 0. The van der Waals surface area contributed by atoms with E-state index < -0.39 is 17.7 Å². The van der Waals surface area contributed by atoms with Crippen LogP contribution in [0.5, 0.6) is 0 Å². The standard InChI is InChI=1S/C33H49N3O3/c1-30(2,3)39-29(38)34-27(15-23-11-9-8-10-12-23)28(37)36-21-32(6)18-33(7,22-36)20-35(19-32)17-24-13-14-25-16-26(24)31(25,4)5/h8-13,25-27H,14-22H2,1-7H3,(H,34,38)/t25-,26-,27-,32?,33?/m0/s1. The van der Waals surface area contributed by atoms with Crippen molar-refractivity contribution in [1.82, 2.24) is 15.1 Å². The molecule has 2 saturated heterocycles. The van der Waals surface area contributed by atoms with Gasteiger partial charge >= 0.3 is 6.09 Å². The second-order valence-corrected chi connectivity index (χ2v) is 15.3. The maximum atomic E-state index is 14.1. The summed E-state index contributed by atoms with van der Waals surface area (Å²) in [5, 5.41) is 2.92.